The van der Waals surface area contributed by atoms with Gasteiger partial charge in [0, 0.05) is 6.20 Å². The lowest BCUT2D eigenvalue weighted by molar-refractivity contribution is -0.116. The van der Waals surface area contributed by atoms with Gasteiger partial charge in [-0.15, -0.1) is 5.10 Å². The molecule has 1 aromatic carbocycles. The highest BCUT2D eigenvalue weighted by molar-refractivity contribution is 6.42. The van der Waals surface area contributed by atoms with Crippen molar-refractivity contribution in [1.29, 1.82) is 0 Å². The van der Waals surface area contributed by atoms with Crippen LogP contribution in [0.5, 0.6) is 0 Å². The van der Waals surface area contributed by atoms with Crippen molar-refractivity contribution in [1.82, 2.24) is 24.5 Å². The number of hydrogen-bond acceptors (Lipinski definition) is 4. The predicted octanol–water partition coefficient (Wildman–Crippen LogP) is 2.78. The second-order valence-electron chi connectivity index (χ2n) is 5.22. The Morgan fingerprint density at radius 2 is 2.00 bits per heavy atom. The number of aryl methyl sites for hydroxylation is 1. The minimum Gasteiger partial charge on any atom is -0.292 e. The first-order chi connectivity index (χ1) is 11.5. The lowest BCUT2D eigenvalue weighted by atomic mass is 10.2. The Balaban J connectivity index is 1.60. The van der Waals surface area contributed by atoms with E-state index in [0.717, 1.165) is 11.3 Å². The van der Waals surface area contributed by atoms with Gasteiger partial charge in [-0.1, -0.05) is 29.3 Å². The summed E-state index contributed by atoms with van der Waals surface area (Å²) in [6.07, 6.45) is 3.28. The van der Waals surface area contributed by atoms with Crippen molar-refractivity contribution >= 4 is 35.1 Å². The molecule has 0 atom stereocenters. The smallest absolute Gasteiger partial charge is 0.248 e. The average molecular weight is 365 g/mol. The van der Waals surface area contributed by atoms with Crippen LogP contribution in [0.1, 0.15) is 11.3 Å². The summed E-state index contributed by atoms with van der Waals surface area (Å²) >= 11 is 11.9. The molecule has 0 saturated carbocycles. The van der Waals surface area contributed by atoms with Gasteiger partial charge in [-0.3, -0.25) is 14.8 Å². The zero-order valence-corrected chi connectivity index (χ0v) is 14.3. The van der Waals surface area contributed by atoms with Gasteiger partial charge in [-0.2, -0.15) is 5.10 Å². The SMILES string of the molecule is Cc1ccn(CC(=O)Nc2ncn(Cc3ccc(Cl)c(Cl)c3)n2)n1. The van der Waals surface area contributed by atoms with Crippen LogP contribution in [-0.2, 0) is 17.9 Å². The van der Waals surface area contributed by atoms with E-state index in [1.54, 1.807) is 27.7 Å². The zero-order valence-electron chi connectivity index (χ0n) is 12.8. The van der Waals surface area contributed by atoms with Gasteiger partial charge >= 0.3 is 0 Å². The molecule has 0 fully saturated rings. The van der Waals surface area contributed by atoms with Crippen LogP contribution >= 0.6 is 23.2 Å². The molecule has 3 aromatic rings. The second kappa shape index (κ2) is 7.02. The highest BCUT2D eigenvalue weighted by atomic mass is 35.5. The molecule has 2 heterocycles. The van der Waals surface area contributed by atoms with Gasteiger partial charge in [0.1, 0.15) is 12.9 Å². The number of carbonyl (C=O) groups excluding carboxylic acids is 1. The number of hydrogen-bond donors (Lipinski definition) is 1. The maximum absolute atomic E-state index is 11.9. The van der Waals surface area contributed by atoms with Crippen LogP contribution in [0, 0.1) is 6.92 Å². The molecule has 7 nitrogen and oxygen atoms in total. The number of benzene rings is 1. The average Bonchev–Trinajstić information content (AvgIpc) is 3.12. The van der Waals surface area contributed by atoms with Crippen molar-refractivity contribution in [3.05, 3.63) is 58.1 Å². The molecule has 1 amide bonds. The maximum atomic E-state index is 11.9. The van der Waals surface area contributed by atoms with E-state index in [1.807, 2.05) is 19.1 Å². The lowest BCUT2D eigenvalue weighted by Gasteiger charge is -2.03. The van der Waals surface area contributed by atoms with Crippen molar-refractivity contribution in [3.8, 4) is 0 Å². The van der Waals surface area contributed by atoms with Gasteiger partial charge in [-0.25, -0.2) is 9.67 Å². The molecule has 0 aliphatic carbocycles. The number of halogens is 2. The van der Waals surface area contributed by atoms with Crippen LogP contribution in [0.15, 0.2) is 36.8 Å². The van der Waals surface area contributed by atoms with Crippen molar-refractivity contribution in [2.75, 3.05) is 5.32 Å². The Bertz CT molecular complexity index is 872. The Hall–Kier alpha value is -2.38. The molecule has 0 unspecified atom stereocenters. The van der Waals surface area contributed by atoms with Crippen LogP contribution in [0.25, 0.3) is 0 Å². The van der Waals surface area contributed by atoms with Crippen molar-refractivity contribution < 1.29 is 4.79 Å². The highest BCUT2D eigenvalue weighted by Crippen LogP contribution is 2.22. The van der Waals surface area contributed by atoms with Gasteiger partial charge in [-0.05, 0) is 30.7 Å². The number of aromatic nitrogens is 5. The number of amides is 1. The third-order valence-corrected chi connectivity index (χ3v) is 3.93. The number of carbonyl (C=O) groups is 1. The number of anilines is 1. The third-order valence-electron chi connectivity index (χ3n) is 3.20. The van der Waals surface area contributed by atoms with Gasteiger partial charge in [0.2, 0.25) is 11.9 Å². The third kappa shape index (κ3) is 4.12. The summed E-state index contributed by atoms with van der Waals surface area (Å²) in [6.45, 7) is 2.44. The van der Waals surface area contributed by atoms with Crippen molar-refractivity contribution in [2.24, 2.45) is 0 Å². The van der Waals surface area contributed by atoms with Crippen molar-refractivity contribution in [2.45, 2.75) is 20.0 Å². The molecular weight excluding hydrogens is 351 g/mol. The molecule has 1 N–H and O–H groups in total. The van der Waals surface area contributed by atoms with Crippen LogP contribution in [-0.4, -0.2) is 30.5 Å². The molecular formula is C15H14Cl2N6O. The molecule has 0 spiro atoms. The fourth-order valence-corrected chi connectivity index (χ4v) is 2.44. The summed E-state index contributed by atoms with van der Waals surface area (Å²) in [6, 6.07) is 7.18. The van der Waals surface area contributed by atoms with E-state index < -0.39 is 0 Å². The minimum absolute atomic E-state index is 0.106. The van der Waals surface area contributed by atoms with Crippen LogP contribution in [0.4, 0.5) is 5.95 Å². The van der Waals surface area contributed by atoms with Crippen LogP contribution in [0.3, 0.4) is 0 Å². The Kier molecular flexibility index (Phi) is 4.82. The summed E-state index contributed by atoms with van der Waals surface area (Å²) in [5.74, 6) is -0.00525. The van der Waals surface area contributed by atoms with E-state index in [2.05, 4.69) is 20.5 Å². The molecule has 0 radical (unpaired) electrons. The zero-order chi connectivity index (χ0) is 17.1. The second-order valence-corrected chi connectivity index (χ2v) is 6.03. The Morgan fingerprint density at radius 3 is 2.71 bits per heavy atom. The topological polar surface area (TPSA) is 77.6 Å². The van der Waals surface area contributed by atoms with E-state index in [-0.39, 0.29) is 18.4 Å². The van der Waals surface area contributed by atoms with Gasteiger partial charge < -0.3 is 0 Å². The lowest BCUT2D eigenvalue weighted by Crippen LogP contribution is -2.20. The number of rotatable bonds is 5. The first kappa shape index (κ1) is 16.5. The van der Waals surface area contributed by atoms with E-state index in [0.29, 0.717) is 16.6 Å². The summed E-state index contributed by atoms with van der Waals surface area (Å²) in [5, 5.41) is 12.0. The molecule has 0 aliphatic heterocycles. The highest BCUT2D eigenvalue weighted by Gasteiger charge is 2.08. The van der Waals surface area contributed by atoms with Crippen molar-refractivity contribution in [3.63, 3.8) is 0 Å². The Labute approximate surface area is 148 Å². The molecule has 2 aromatic heterocycles. The van der Waals surface area contributed by atoms with Gasteiger partial charge in [0.15, 0.2) is 0 Å². The summed E-state index contributed by atoms with van der Waals surface area (Å²) in [5.41, 5.74) is 1.78. The molecule has 124 valence electrons. The standard InChI is InChI=1S/C15H14Cl2N6O/c1-10-4-5-22(20-10)8-14(24)19-15-18-9-23(21-15)7-11-2-3-12(16)13(17)6-11/h2-6,9H,7-8H2,1H3,(H,19,21,24). The van der Waals surface area contributed by atoms with Gasteiger partial charge in [0.25, 0.3) is 0 Å². The van der Waals surface area contributed by atoms with E-state index in [1.165, 1.54) is 6.33 Å². The van der Waals surface area contributed by atoms with E-state index in [4.69, 9.17) is 23.2 Å². The maximum Gasteiger partial charge on any atom is 0.248 e. The number of nitrogens with zero attached hydrogens (tertiary/aromatic N) is 5. The predicted molar refractivity (Wildman–Crippen MR) is 91.2 cm³/mol. The molecule has 0 aliphatic rings. The largest absolute Gasteiger partial charge is 0.292 e. The fraction of sp³-hybridized carbons (Fsp3) is 0.200. The minimum atomic E-state index is -0.245. The summed E-state index contributed by atoms with van der Waals surface area (Å²) < 4.78 is 3.16. The van der Waals surface area contributed by atoms with E-state index in [9.17, 15) is 4.79 Å². The number of nitrogens with one attached hydrogen (secondary N) is 1. The van der Waals surface area contributed by atoms with Gasteiger partial charge in [0.05, 0.1) is 22.3 Å². The monoisotopic (exact) mass is 364 g/mol. The molecule has 24 heavy (non-hydrogen) atoms. The summed E-state index contributed by atoms with van der Waals surface area (Å²) in [7, 11) is 0. The summed E-state index contributed by atoms with van der Waals surface area (Å²) in [4.78, 5) is 16.0. The first-order valence-electron chi connectivity index (χ1n) is 7.13. The fourth-order valence-electron chi connectivity index (χ4n) is 2.12. The molecule has 0 saturated heterocycles. The van der Waals surface area contributed by atoms with Crippen LogP contribution in [0.2, 0.25) is 10.0 Å². The van der Waals surface area contributed by atoms with Crippen LogP contribution < -0.4 is 5.32 Å². The molecule has 0 bridgehead atoms. The molecule has 9 heteroatoms. The molecule has 3 rings (SSSR count). The Morgan fingerprint density at radius 1 is 1.17 bits per heavy atom. The normalized spacial score (nSPS) is 10.8. The van der Waals surface area contributed by atoms with E-state index >= 15 is 0 Å². The quantitative estimate of drug-likeness (QED) is 0.754. The first-order valence-corrected chi connectivity index (χ1v) is 7.88.